The molecule has 17 heavy (non-hydrogen) atoms. The quantitative estimate of drug-likeness (QED) is 0.606. The molecule has 0 spiro atoms. The summed E-state index contributed by atoms with van der Waals surface area (Å²) in [6, 6.07) is 1.81. The summed E-state index contributed by atoms with van der Waals surface area (Å²) in [6.45, 7) is 5.47. The van der Waals surface area contributed by atoms with Crippen LogP contribution < -0.4 is 5.32 Å². The summed E-state index contributed by atoms with van der Waals surface area (Å²) in [6.07, 6.45) is -0.451. The Kier molecular flexibility index (Phi) is 4.91. The molecular weight excluding hydrogens is 254 g/mol. The largest absolute Gasteiger partial charge is 0.444 e. The SMILES string of the molecule is CC(C)(C)OC(=O)Nc1cc(C#CCS)cs1. The fourth-order valence-electron chi connectivity index (χ4n) is 1.01. The van der Waals surface area contributed by atoms with Crippen molar-refractivity contribution in [3.05, 3.63) is 17.0 Å². The standard InChI is InChI=1S/C12H15NO2S2/c1-12(2,3)15-11(14)13-10-7-9(8-17-10)5-4-6-16/h7-8,16H,6H2,1-3H3,(H,13,14). The molecule has 1 aromatic heterocycles. The minimum absolute atomic E-state index is 0.451. The predicted molar refractivity (Wildman–Crippen MR) is 74.9 cm³/mol. The van der Waals surface area contributed by atoms with Gasteiger partial charge in [-0.3, -0.25) is 5.32 Å². The normalized spacial score (nSPS) is 10.4. The Hall–Kier alpha value is -1.12. The van der Waals surface area contributed by atoms with Crippen LogP contribution in [-0.2, 0) is 4.74 Å². The minimum atomic E-state index is -0.490. The third-order valence-corrected chi connectivity index (χ3v) is 2.54. The molecular formula is C12H15NO2S2. The number of anilines is 1. The maximum atomic E-state index is 11.5. The fraction of sp³-hybridized carbons (Fsp3) is 0.417. The van der Waals surface area contributed by atoms with E-state index in [-0.39, 0.29) is 0 Å². The number of thiol groups is 1. The molecule has 3 nitrogen and oxygen atoms in total. The van der Waals surface area contributed by atoms with Gasteiger partial charge in [-0.05, 0) is 26.8 Å². The first kappa shape index (κ1) is 13.9. The third-order valence-electron chi connectivity index (χ3n) is 1.54. The van der Waals surface area contributed by atoms with Crippen molar-refractivity contribution in [2.24, 2.45) is 0 Å². The molecule has 0 aliphatic carbocycles. The van der Waals surface area contributed by atoms with Crippen LogP contribution in [0.4, 0.5) is 9.80 Å². The van der Waals surface area contributed by atoms with Crippen molar-refractivity contribution in [3.63, 3.8) is 0 Å². The van der Waals surface area contributed by atoms with E-state index < -0.39 is 11.7 Å². The Bertz CT molecular complexity index is 449. The lowest BCUT2D eigenvalue weighted by Crippen LogP contribution is -2.26. The van der Waals surface area contributed by atoms with E-state index in [1.807, 2.05) is 32.2 Å². The van der Waals surface area contributed by atoms with Gasteiger partial charge in [-0.2, -0.15) is 12.6 Å². The van der Waals surface area contributed by atoms with E-state index in [0.29, 0.717) is 5.75 Å². The highest BCUT2D eigenvalue weighted by atomic mass is 32.1. The van der Waals surface area contributed by atoms with E-state index in [0.717, 1.165) is 10.6 Å². The molecule has 0 unspecified atom stereocenters. The molecule has 0 bridgehead atoms. The highest BCUT2D eigenvalue weighted by molar-refractivity contribution is 7.80. The molecule has 0 saturated carbocycles. The lowest BCUT2D eigenvalue weighted by Gasteiger charge is -2.19. The molecule has 0 aliphatic rings. The number of ether oxygens (including phenoxy) is 1. The van der Waals surface area contributed by atoms with Crippen molar-refractivity contribution in [1.29, 1.82) is 0 Å². The van der Waals surface area contributed by atoms with Crippen LogP contribution in [0.1, 0.15) is 26.3 Å². The first-order valence-electron chi connectivity index (χ1n) is 5.09. The van der Waals surface area contributed by atoms with Gasteiger partial charge in [0.25, 0.3) is 0 Å². The molecule has 1 N–H and O–H groups in total. The molecule has 0 saturated heterocycles. The Morgan fingerprint density at radius 2 is 2.29 bits per heavy atom. The number of rotatable bonds is 1. The third kappa shape index (κ3) is 5.66. The smallest absolute Gasteiger partial charge is 0.412 e. The Labute approximate surface area is 111 Å². The Morgan fingerprint density at radius 1 is 1.59 bits per heavy atom. The highest BCUT2D eigenvalue weighted by Gasteiger charge is 2.16. The van der Waals surface area contributed by atoms with Gasteiger partial charge in [0.15, 0.2) is 0 Å². The van der Waals surface area contributed by atoms with Crippen LogP contribution in [0.5, 0.6) is 0 Å². The van der Waals surface area contributed by atoms with Crippen molar-refractivity contribution in [2.45, 2.75) is 26.4 Å². The number of amides is 1. The number of hydrogen-bond donors (Lipinski definition) is 2. The molecule has 5 heteroatoms. The molecule has 0 radical (unpaired) electrons. The van der Waals surface area contributed by atoms with Gasteiger partial charge in [0.1, 0.15) is 5.60 Å². The number of nitrogens with one attached hydrogen (secondary N) is 1. The van der Waals surface area contributed by atoms with Crippen molar-refractivity contribution in [3.8, 4) is 11.8 Å². The minimum Gasteiger partial charge on any atom is -0.444 e. The van der Waals surface area contributed by atoms with Crippen LogP contribution in [0.15, 0.2) is 11.4 Å². The van der Waals surface area contributed by atoms with Gasteiger partial charge in [0.2, 0.25) is 0 Å². The second kappa shape index (κ2) is 5.99. The predicted octanol–water partition coefficient (Wildman–Crippen LogP) is 3.38. The molecule has 1 rings (SSSR count). The van der Waals surface area contributed by atoms with Gasteiger partial charge < -0.3 is 4.74 Å². The summed E-state index contributed by atoms with van der Waals surface area (Å²) >= 11 is 5.41. The molecule has 1 aromatic rings. The first-order valence-corrected chi connectivity index (χ1v) is 6.60. The molecule has 92 valence electrons. The van der Waals surface area contributed by atoms with Crippen LogP contribution >= 0.6 is 24.0 Å². The van der Waals surface area contributed by atoms with E-state index in [9.17, 15) is 4.79 Å². The average molecular weight is 269 g/mol. The number of thiophene rings is 1. The van der Waals surface area contributed by atoms with Gasteiger partial charge >= 0.3 is 6.09 Å². The van der Waals surface area contributed by atoms with E-state index in [1.54, 1.807) is 0 Å². The monoisotopic (exact) mass is 269 g/mol. The van der Waals surface area contributed by atoms with Crippen LogP contribution in [0.2, 0.25) is 0 Å². The van der Waals surface area contributed by atoms with Crippen LogP contribution in [0.3, 0.4) is 0 Å². The lowest BCUT2D eigenvalue weighted by atomic mass is 10.2. The summed E-state index contributed by atoms with van der Waals surface area (Å²) in [5, 5.41) is 5.27. The second-order valence-electron chi connectivity index (χ2n) is 4.29. The van der Waals surface area contributed by atoms with Crippen LogP contribution in [0.25, 0.3) is 0 Å². The summed E-state index contributed by atoms with van der Waals surface area (Å²) < 4.78 is 5.14. The van der Waals surface area contributed by atoms with Gasteiger partial charge in [0.05, 0.1) is 10.8 Å². The maximum Gasteiger partial charge on any atom is 0.412 e. The zero-order valence-corrected chi connectivity index (χ0v) is 11.7. The van der Waals surface area contributed by atoms with Crippen molar-refractivity contribution < 1.29 is 9.53 Å². The average Bonchev–Trinajstić information content (AvgIpc) is 2.59. The van der Waals surface area contributed by atoms with Gasteiger partial charge in [0, 0.05) is 10.9 Å². The van der Waals surface area contributed by atoms with Gasteiger partial charge in [-0.1, -0.05) is 11.8 Å². The second-order valence-corrected chi connectivity index (χ2v) is 5.51. The fourth-order valence-corrected chi connectivity index (χ4v) is 1.81. The zero-order chi connectivity index (χ0) is 12.9. The number of carbonyl (C=O) groups excluding carboxylic acids is 1. The van der Waals surface area contributed by atoms with E-state index in [1.165, 1.54) is 11.3 Å². The van der Waals surface area contributed by atoms with E-state index in [2.05, 4.69) is 29.8 Å². The van der Waals surface area contributed by atoms with Crippen LogP contribution in [0, 0.1) is 11.8 Å². The molecule has 0 fully saturated rings. The molecule has 0 aliphatic heterocycles. The Morgan fingerprint density at radius 3 is 2.88 bits per heavy atom. The van der Waals surface area contributed by atoms with Gasteiger partial charge in [-0.25, -0.2) is 4.79 Å². The zero-order valence-electron chi connectivity index (χ0n) is 10.0. The molecule has 0 atom stereocenters. The summed E-state index contributed by atoms with van der Waals surface area (Å²) in [5.74, 6) is 6.29. The summed E-state index contributed by atoms with van der Waals surface area (Å²) in [5.41, 5.74) is 0.380. The Balaban J connectivity index is 2.58. The highest BCUT2D eigenvalue weighted by Crippen LogP contribution is 2.20. The maximum absolute atomic E-state index is 11.5. The number of carbonyl (C=O) groups is 1. The summed E-state index contributed by atoms with van der Waals surface area (Å²) in [7, 11) is 0. The topological polar surface area (TPSA) is 38.3 Å². The molecule has 1 amide bonds. The summed E-state index contributed by atoms with van der Waals surface area (Å²) in [4.78, 5) is 11.5. The van der Waals surface area contributed by atoms with Crippen LogP contribution in [-0.4, -0.2) is 17.4 Å². The first-order chi connectivity index (χ1) is 7.90. The van der Waals surface area contributed by atoms with E-state index in [4.69, 9.17) is 4.74 Å². The number of hydrogen-bond acceptors (Lipinski definition) is 4. The lowest BCUT2D eigenvalue weighted by molar-refractivity contribution is 0.0636. The van der Waals surface area contributed by atoms with Crippen molar-refractivity contribution >= 4 is 35.1 Å². The van der Waals surface area contributed by atoms with Gasteiger partial charge in [-0.15, -0.1) is 11.3 Å². The molecule has 0 aromatic carbocycles. The van der Waals surface area contributed by atoms with Crippen molar-refractivity contribution in [2.75, 3.05) is 11.1 Å². The van der Waals surface area contributed by atoms with Crippen molar-refractivity contribution in [1.82, 2.24) is 0 Å². The van der Waals surface area contributed by atoms with E-state index >= 15 is 0 Å². The molecule has 1 heterocycles.